The first-order valence-electron chi connectivity index (χ1n) is 11.0. The van der Waals surface area contributed by atoms with Gasteiger partial charge in [0, 0.05) is 34.4 Å². The van der Waals surface area contributed by atoms with E-state index in [9.17, 15) is 4.39 Å². The number of para-hydroxylation sites is 2. The molecule has 0 N–H and O–H groups in total. The zero-order valence-corrected chi connectivity index (χ0v) is 18.5. The summed E-state index contributed by atoms with van der Waals surface area (Å²) in [6.45, 7) is 4.27. The molecule has 3 nitrogen and oxygen atoms in total. The molecular weight excluding hydrogens is 409 g/mol. The lowest BCUT2D eigenvalue weighted by molar-refractivity contribution is 0.628. The summed E-state index contributed by atoms with van der Waals surface area (Å²) in [7, 11) is 0. The Hall–Kier alpha value is -4.18. The maximum Gasteiger partial charge on any atom is 0.144 e. The van der Waals surface area contributed by atoms with Crippen LogP contribution < -0.4 is 0 Å². The molecule has 4 aromatic carbocycles. The fraction of sp³-hybridized carbons (Fsp3) is 0.0690. The standard InChI is InChI=1S/C29H22FN3/c1-19-17-23(33-26-9-5-3-7-24(26)25-8-4-6-10-27(25)33)18-20(2)28(19)32-16-15-31-29(32)21-11-13-22(30)14-12-21/h3-18H,1-2H3. The Kier molecular flexibility index (Phi) is 4.40. The van der Waals surface area contributed by atoms with Gasteiger partial charge in [-0.15, -0.1) is 0 Å². The minimum atomic E-state index is -0.250. The topological polar surface area (TPSA) is 22.8 Å². The van der Waals surface area contributed by atoms with E-state index in [-0.39, 0.29) is 5.82 Å². The monoisotopic (exact) mass is 431 g/mol. The first-order chi connectivity index (χ1) is 16.1. The van der Waals surface area contributed by atoms with Gasteiger partial charge in [0.1, 0.15) is 11.6 Å². The van der Waals surface area contributed by atoms with Crippen molar-refractivity contribution in [2.45, 2.75) is 13.8 Å². The Labute approximate surface area is 191 Å². The number of fused-ring (bicyclic) bond motifs is 3. The molecule has 160 valence electrons. The van der Waals surface area contributed by atoms with Crippen molar-refractivity contribution in [1.29, 1.82) is 0 Å². The predicted molar refractivity (Wildman–Crippen MR) is 133 cm³/mol. The van der Waals surface area contributed by atoms with Crippen molar-refractivity contribution in [3.05, 3.63) is 114 Å². The molecule has 0 atom stereocenters. The zero-order valence-electron chi connectivity index (χ0n) is 18.5. The summed E-state index contributed by atoms with van der Waals surface area (Å²) >= 11 is 0. The highest BCUT2D eigenvalue weighted by Gasteiger charge is 2.16. The summed E-state index contributed by atoms with van der Waals surface area (Å²) in [6, 6.07) is 28.0. The number of nitrogens with zero attached hydrogens (tertiary/aromatic N) is 3. The molecule has 33 heavy (non-hydrogen) atoms. The molecule has 0 aliphatic heterocycles. The van der Waals surface area contributed by atoms with Gasteiger partial charge < -0.3 is 4.57 Å². The molecule has 2 aromatic heterocycles. The molecule has 0 saturated heterocycles. The van der Waals surface area contributed by atoms with Gasteiger partial charge in [-0.3, -0.25) is 4.57 Å². The van der Waals surface area contributed by atoms with E-state index in [1.807, 2.05) is 6.20 Å². The molecule has 2 heterocycles. The number of benzene rings is 4. The van der Waals surface area contributed by atoms with Crippen LogP contribution in [0.15, 0.2) is 97.3 Å². The predicted octanol–water partition coefficient (Wildman–Crippen LogP) is 7.39. The van der Waals surface area contributed by atoms with Crippen molar-refractivity contribution in [2.24, 2.45) is 0 Å². The molecule has 6 rings (SSSR count). The zero-order chi connectivity index (χ0) is 22.5. The largest absolute Gasteiger partial charge is 0.309 e. The maximum absolute atomic E-state index is 13.5. The highest BCUT2D eigenvalue weighted by Crippen LogP contribution is 2.34. The van der Waals surface area contributed by atoms with E-state index in [0.29, 0.717) is 0 Å². The van der Waals surface area contributed by atoms with Gasteiger partial charge in [-0.05, 0) is 73.5 Å². The van der Waals surface area contributed by atoms with E-state index >= 15 is 0 Å². The minimum absolute atomic E-state index is 0.250. The number of hydrogen-bond donors (Lipinski definition) is 0. The van der Waals surface area contributed by atoms with Gasteiger partial charge in [-0.25, -0.2) is 9.37 Å². The Morgan fingerprint density at radius 3 is 1.91 bits per heavy atom. The number of halogens is 1. The van der Waals surface area contributed by atoms with Crippen LogP contribution in [0.4, 0.5) is 4.39 Å². The lowest BCUT2D eigenvalue weighted by Gasteiger charge is -2.17. The average Bonchev–Trinajstić information content (AvgIpc) is 3.42. The molecule has 0 saturated carbocycles. The first kappa shape index (κ1) is 19.5. The lowest BCUT2D eigenvalue weighted by atomic mass is 10.1. The van der Waals surface area contributed by atoms with Crippen molar-refractivity contribution in [3.63, 3.8) is 0 Å². The summed E-state index contributed by atoms with van der Waals surface area (Å²) in [5.41, 5.74) is 7.79. The first-order valence-corrected chi connectivity index (χ1v) is 11.0. The van der Waals surface area contributed by atoms with Crippen molar-refractivity contribution < 1.29 is 4.39 Å². The molecule has 6 aromatic rings. The minimum Gasteiger partial charge on any atom is -0.309 e. The van der Waals surface area contributed by atoms with Crippen LogP contribution in [0.3, 0.4) is 0 Å². The van der Waals surface area contributed by atoms with Crippen LogP contribution in [0.1, 0.15) is 11.1 Å². The summed E-state index contributed by atoms with van der Waals surface area (Å²) < 4.78 is 17.9. The molecule has 0 bridgehead atoms. The maximum atomic E-state index is 13.5. The van der Waals surface area contributed by atoms with Crippen LogP contribution in [0.5, 0.6) is 0 Å². The van der Waals surface area contributed by atoms with E-state index < -0.39 is 0 Å². The van der Waals surface area contributed by atoms with Crippen molar-refractivity contribution >= 4 is 21.8 Å². The second-order valence-electron chi connectivity index (χ2n) is 8.43. The Bertz CT molecular complexity index is 1560. The molecule has 0 spiro atoms. The smallest absolute Gasteiger partial charge is 0.144 e. The SMILES string of the molecule is Cc1cc(-n2c3ccccc3c3ccccc32)cc(C)c1-n1ccnc1-c1ccc(F)cc1. The number of imidazole rings is 1. The molecule has 0 radical (unpaired) electrons. The highest BCUT2D eigenvalue weighted by molar-refractivity contribution is 6.09. The highest BCUT2D eigenvalue weighted by atomic mass is 19.1. The van der Waals surface area contributed by atoms with E-state index in [4.69, 9.17) is 0 Å². The van der Waals surface area contributed by atoms with Crippen LogP contribution in [0.2, 0.25) is 0 Å². The molecule has 4 heteroatoms. The fourth-order valence-corrected chi connectivity index (χ4v) is 4.94. The van der Waals surface area contributed by atoms with Gasteiger partial charge in [-0.2, -0.15) is 0 Å². The van der Waals surface area contributed by atoms with Crippen LogP contribution in [-0.4, -0.2) is 14.1 Å². The Morgan fingerprint density at radius 2 is 1.30 bits per heavy atom. The molecule has 0 aliphatic rings. The van der Waals surface area contributed by atoms with E-state index in [2.05, 4.69) is 88.6 Å². The second-order valence-corrected chi connectivity index (χ2v) is 8.43. The molecule has 0 amide bonds. The number of hydrogen-bond acceptors (Lipinski definition) is 1. The average molecular weight is 432 g/mol. The summed E-state index contributed by atoms with van der Waals surface area (Å²) in [5.74, 6) is 0.547. The van der Waals surface area contributed by atoms with Crippen LogP contribution in [0, 0.1) is 19.7 Å². The summed E-state index contributed by atoms with van der Waals surface area (Å²) in [6.07, 6.45) is 3.76. The third kappa shape index (κ3) is 3.06. The molecule has 0 aliphatic carbocycles. The van der Waals surface area contributed by atoms with E-state index in [1.165, 1.54) is 33.9 Å². The van der Waals surface area contributed by atoms with Crippen molar-refractivity contribution in [1.82, 2.24) is 14.1 Å². The second kappa shape index (κ2) is 7.45. The lowest BCUT2D eigenvalue weighted by Crippen LogP contribution is -2.04. The number of aromatic nitrogens is 3. The normalized spacial score (nSPS) is 11.5. The van der Waals surface area contributed by atoms with Gasteiger partial charge in [0.2, 0.25) is 0 Å². The van der Waals surface area contributed by atoms with Crippen molar-refractivity contribution in [2.75, 3.05) is 0 Å². The quantitative estimate of drug-likeness (QED) is 0.286. The molecular formula is C29H22FN3. The third-order valence-corrected chi connectivity index (χ3v) is 6.30. The number of rotatable bonds is 3. The Morgan fingerprint density at radius 1 is 0.727 bits per heavy atom. The van der Waals surface area contributed by atoms with Gasteiger partial charge >= 0.3 is 0 Å². The van der Waals surface area contributed by atoms with Gasteiger partial charge in [0.15, 0.2) is 0 Å². The molecule has 0 fully saturated rings. The van der Waals surface area contributed by atoms with E-state index in [0.717, 1.165) is 33.9 Å². The van der Waals surface area contributed by atoms with Gasteiger partial charge in [-0.1, -0.05) is 36.4 Å². The summed E-state index contributed by atoms with van der Waals surface area (Å²) in [5, 5.41) is 2.50. The summed E-state index contributed by atoms with van der Waals surface area (Å²) in [4.78, 5) is 4.56. The Balaban J connectivity index is 1.55. The third-order valence-electron chi connectivity index (χ3n) is 6.30. The van der Waals surface area contributed by atoms with Gasteiger partial charge in [0.25, 0.3) is 0 Å². The van der Waals surface area contributed by atoms with Crippen LogP contribution >= 0.6 is 0 Å². The van der Waals surface area contributed by atoms with Crippen LogP contribution in [-0.2, 0) is 0 Å². The van der Waals surface area contributed by atoms with Crippen molar-refractivity contribution in [3.8, 4) is 22.8 Å². The van der Waals surface area contributed by atoms with Crippen LogP contribution in [0.25, 0.3) is 44.6 Å². The van der Waals surface area contributed by atoms with E-state index in [1.54, 1.807) is 18.3 Å². The van der Waals surface area contributed by atoms with Gasteiger partial charge in [0.05, 0.1) is 16.7 Å². The fourth-order valence-electron chi connectivity index (χ4n) is 4.94. The number of aryl methyl sites for hydroxylation is 2. The molecule has 0 unspecified atom stereocenters.